The average Bonchev–Trinajstić information content (AvgIpc) is 3.40. The summed E-state index contributed by atoms with van der Waals surface area (Å²) in [5.41, 5.74) is -0.257. The molecule has 38 heavy (non-hydrogen) atoms. The fourth-order valence-corrected chi connectivity index (χ4v) is 5.13. The summed E-state index contributed by atoms with van der Waals surface area (Å²) in [5, 5.41) is 20.5. The van der Waals surface area contributed by atoms with Crippen LogP contribution in [-0.2, 0) is 9.59 Å². The second-order valence-corrected chi connectivity index (χ2v) is 11.5. The number of nitrogens with zero attached hydrogens (tertiary/aromatic N) is 4. The lowest BCUT2D eigenvalue weighted by molar-refractivity contribution is -0.152. The Balaban J connectivity index is 1.53. The number of aliphatic hydroxyl groups is 1. The molecule has 4 rings (SSSR count). The maximum Gasteiger partial charge on any atom is 0.397 e. The molecular weight excluding hydrogens is 530 g/mol. The number of nitrogens with one attached hydrogen (secondary N) is 1. The molecule has 2 aromatic rings. The lowest BCUT2D eigenvalue weighted by Crippen LogP contribution is -2.51. The molecule has 2 amide bonds. The zero-order valence-electron chi connectivity index (χ0n) is 21.2. The molecule has 1 aromatic heterocycles. The molecule has 2 fully saturated rings. The first-order valence-electron chi connectivity index (χ1n) is 12.4. The van der Waals surface area contributed by atoms with Crippen molar-refractivity contribution in [2.24, 2.45) is 5.41 Å². The minimum atomic E-state index is -4.79. The number of aromatic nitrogens is 3. The summed E-state index contributed by atoms with van der Waals surface area (Å²) in [5.74, 6) is -4.01. The number of halogens is 5. The van der Waals surface area contributed by atoms with Crippen molar-refractivity contribution in [2.45, 2.75) is 76.2 Å². The third-order valence-corrected chi connectivity index (χ3v) is 7.25. The molecular formula is C25H30ClF4N5O3. The van der Waals surface area contributed by atoms with Crippen LogP contribution in [0, 0.1) is 11.2 Å². The van der Waals surface area contributed by atoms with Crippen molar-refractivity contribution < 1.29 is 32.3 Å². The largest absolute Gasteiger partial charge is 0.397 e. The van der Waals surface area contributed by atoms with Crippen LogP contribution in [0.15, 0.2) is 24.4 Å². The van der Waals surface area contributed by atoms with Gasteiger partial charge in [-0.25, -0.2) is 9.07 Å². The van der Waals surface area contributed by atoms with Crippen LogP contribution in [0.4, 0.5) is 17.6 Å². The standard InChI is InChI=1S/C25H30ClF4N5O3/c1-24(2,3)21(35-12-19(32-33-35)13-4-5-13)23(38)34-11-15(36)9-20(34)22(37)31-10-17(25(28,29)30)16-7-6-14(27)8-18(16)26/h6-8,12-13,15,17,20-21,36H,4-5,9-11H2,1-3H3,(H,31,37)/t15?,17?,20?,21-/m1/s1. The normalized spacial score (nSPS) is 21.9. The third-order valence-electron chi connectivity index (χ3n) is 6.92. The molecule has 2 aliphatic rings. The summed E-state index contributed by atoms with van der Waals surface area (Å²) in [6, 6.07) is 0.520. The Bertz CT molecular complexity index is 1190. The monoisotopic (exact) mass is 559 g/mol. The van der Waals surface area contributed by atoms with Gasteiger partial charge in [-0.05, 0) is 36.0 Å². The smallest absolute Gasteiger partial charge is 0.391 e. The van der Waals surface area contributed by atoms with Crippen molar-refractivity contribution in [3.63, 3.8) is 0 Å². The van der Waals surface area contributed by atoms with Gasteiger partial charge in [-0.2, -0.15) is 13.2 Å². The van der Waals surface area contributed by atoms with E-state index in [1.54, 1.807) is 6.20 Å². The van der Waals surface area contributed by atoms with Crippen LogP contribution in [0.25, 0.3) is 0 Å². The van der Waals surface area contributed by atoms with Gasteiger partial charge in [0.05, 0.1) is 17.7 Å². The van der Waals surface area contributed by atoms with Gasteiger partial charge < -0.3 is 15.3 Å². The molecule has 3 unspecified atom stereocenters. The predicted molar refractivity (Wildman–Crippen MR) is 130 cm³/mol. The molecule has 0 bridgehead atoms. The van der Waals surface area contributed by atoms with Crippen molar-refractivity contribution in [1.82, 2.24) is 25.2 Å². The van der Waals surface area contributed by atoms with Gasteiger partial charge in [0.1, 0.15) is 17.9 Å². The number of likely N-dealkylation sites (tertiary alicyclic amines) is 1. The number of carbonyl (C=O) groups excluding carboxylic acids is 2. The van der Waals surface area contributed by atoms with Gasteiger partial charge in [-0.1, -0.05) is 43.7 Å². The second-order valence-electron chi connectivity index (χ2n) is 11.1. The van der Waals surface area contributed by atoms with Crippen molar-refractivity contribution in [2.75, 3.05) is 13.1 Å². The maximum absolute atomic E-state index is 13.8. The van der Waals surface area contributed by atoms with Crippen molar-refractivity contribution in [3.05, 3.63) is 46.5 Å². The quantitative estimate of drug-likeness (QED) is 0.500. The molecule has 208 valence electrons. The van der Waals surface area contributed by atoms with Crippen molar-refractivity contribution >= 4 is 23.4 Å². The number of rotatable bonds is 7. The van der Waals surface area contributed by atoms with E-state index < -0.39 is 64.9 Å². The highest BCUT2D eigenvalue weighted by molar-refractivity contribution is 6.31. The lowest BCUT2D eigenvalue weighted by Gasteiger charge is -2.34. The van der Waals surface area contributed by atoms with E-state index in [1.807, 2.05) is 20.8 Å². The Morgan fingerprint density at radius 2 is 1.92 bits per heavy atom. The van der Waals surface area contributed by atoms with E-state index in [-0.39, 0.29) is 18.5 Å². The first-order chi connectivity index (χ1) is 17.7. The van der Waals surface area contributed by atoms with E-state index in [9.17, 15) is 32.3 Å². The van der Waals surface area contributed by atoms with Crippen molar-refractivity contribution in [3.8, 4) is 0 Å². The Hall–Kier alpha value is -2.73. The summed E-state index contributed by atoms with van der Waals surface area (Å²) in [7, 11) is 0. The van der Waals surface area contributed by atoms with Gasteiger partial charge in [-0.3, -0.25) is 9.59 Å². The van der Waals surface area contributed by atoms with E-state index in [4.69, 9.17) is 11.6 Å². The fraction of sp³-hybridized carbons (Fsp3) is 0.600. The number of hydrogen-bond acceptors (Lipinski definition) is 5. The molecule has 1 aliphatic carbocycles. The third kappa shape index (κ3) is 6.12. The molecule has 13 heteroatoms. The average molecular weight is 560 g/mol. The Labute approximate surface area is 222 Å². The summed E-state index contributed by atoms with van der Waals surface area (Å²) in [6.07, 6.45) is -2.24. The lowest BCUT2D eigenvalue weighted by atomic mass is 9.85. The minimum absolute atomic E-state index is 0.132. The van der Waals surface area contributed by atoms with Gasteiger partial charge in [0.25, 0.3) is 0 Å². The zero-order chi connectivity index (χ0) is 28.0. The zero-order valence-corrected chi connectivity index (χ0v) is 21.9. The highest BCUT2D eigenvalue weighted by Gasteiger charge is 2.47. The van der Waals surface area contributed by atoms with Crippen LogP contribution in [-0.4, -0.2) is 68.2 Å². The van der Waals surface area contributed by atoms with Gasteiger partial charge in [-0.15, -0.1) is 5.10 Å². The first-order valence-corrected chi connectivity index (χ1v) is 12.7. The predicted octanol–water partition coefficient (Wildman–Crippen LogP) is 3.96. The Morgan fingerprint density at radius 1 is 1.24 bits per heavy atom. The van der Waals surface area contributed by atoms with Crippen LogP contribution in [0.2, 0.25) is 5.02 Å². The summed E-state index contributed by atoms with van der Waals surface area (Å²) >= 11 is 5.87. The second kappa shape index (κ2) is 10.4. The molecule has 2 N–H and O–H groups in total. The maximum atomic E-state index is 13.8. The SMILES string of the molecule is CC(C)(C)[C@@H](C(=O)N1CC(O)CC1C(=O)NCC(c1ccc(F)cc1Cl)C(F)(F)F)n1cc(C2CC2)nn1. The molecule has 1 saturated heterocycles. The number of benzene rings is 1. The number of aliphatic hydroxyl groups excluding tert-OH is 1. The molecule has 2 heterocycles. The van der Waals surface area contributed by atoms with E-state index in [0.717, 1.165) is 36.7 Å². The number of amides is 2. The minimum Gasteiger partial charge on any atom is -0.391 e. The molecule has 1 saturated carbocycles. The van der Waals surface area contributed by atoms with Gasteiger partial charge >= 0.3 is 6.18 Å². The van der Waals surface area contributed by atoms with E-state index in [0.29, 0.717) is 5.92 Å². The first kappa shape index (κ1) is 28.3. The van der Waals surface area contributed by atoms with Gasteiger partial charge in [0.15, 0.2) is 0 Å². The summed E-state index contributed by atoms with van der Waals surface area (Å²) in [6.45, 7) is 4.46. The number of alkyl halides is 3. The van der Waals surface area contributed by atoms with Crippen molar-refractivity contribution in [1.29, 1.82) is 0 Å². The molecule has 8 nitrogen and oxygen atoms in total. The van der Waals surface area contributed by atoms with Crippen LogP contribution in [0.1, 0.15) is 69.2 Å². The van der Waals surface area contributed by atoms with Gasteiger partial charge in [0.2, 0.25) is 11.8 Å². The van der Waals surface area contributed by atoms with E-state index in [2.05, 4.69) is 15.6 Å². The van der Waals surface area contributed by atoms with Crippen LogP contribution >= 0.6 is 11.6 Å². The number of carbonyl (C=O) groups is 2. The highest BCUT2D eigenvalue weighted by Crippen LogP contribution is 2.41. The number of β-amino-alcohol motifs (C(OH)–C–C–N with tert-alkyl or cyclic N) is 1. The molecule has 1 aromatic carbocycles. The Morgan fingerprint density at radius 3 is 2.50 bits per heavy atom. The van der Waals surface area contributed by atoms with Gasteiger partial charge in [0, 0.05) is 36.6 Å². The fourth-order valence-electron chi connectivity index (χ4n) is 4.83. The van der Waals surface area contributed by atoms with Crippen LogP contribution < -0.4 is 5.32 Å². The topological polar surface area (TPSA) is 100 Å². The summed E-state index contributed by atoms with van der Waals surface area (Å²) in [4.78, 5) is 28.1. The number of hydrogen-bond donors (Lipinski definition) is 2. The molecule has 1 aliphatic heterocycles. The van der Waals surface area contributed by atoms with E-state index >= 15 is 0 Å². The summed E-state index contributed by atoms with van der Waals surface area (Å²) < 4.78 is 56.4. The molecule has 0 radical (unpaired) electrons. The van der Waals surface area contributed by atoms with Crippen LogP contribution in [0.3, 0.4) is 0 Å². The molecule has 4 atom stereocenters. The highest BCUT2D eigenvalue weighted by atomic mass is 35.5. The van der Waals surface area contributed by atoms with E-state index in [1.165, 1.54) is 9.58 Å². The Kier molecular flexibility index (Phi) is 7.77. The van der Waals surface area contributed by atoms with Crippen LogP contribution in [0.5, 0.6) is 0 Å². The molecule has 0 spiro atoms.